The number of benzene rings is 2. The van der Waals surface area contributed by atoms with Crippen molar-refractivity contribution in [2.75, 3.05) is 13.2 Å². The molecule has 3 atom stereocenters. The molecule has 2 aromatic rings. The summed E-state index contributed by atoms with van der Waals surface area (Å²) in [5.41, 5.74) is -0.153. The summed E-state index contributed by atoms with van der Waals surface area (Å²) in [5.74, 6) is 0.598. The lowest BCUT2D eigenvalue weighted by Gasteiger charge is -2.35. The third-order valence-corrected chi connectivity index (χ3v) is 7.22. The summed E-state index contributed by atoms with van der Waals surface area (Å²) in [6.07, 6.45) is 9.39. The maximum absolute atomic E-state index is 14.5. The van der Waals surface area contributed by atoms with Crippen molar-refractivity contribution < 1.29 is 33.8 Å². The average molecular weight is 664 g/mol. The van der Waals surface area contributed by atoms with E-state index in [0.29, 0.717) is 17.5 Å². The number of ether oxygens (including phenoxy) is 2. The van der Waals surface area contributed by atoms with E-state index in [1.807, 2.05) is 30.3 Å². The zero-order chi connectivity index (χ0) is 35.9. The second kappa shape index (κ2) is 18.8. The highest BCUT2D eigenvalue weighted by Gasteiger charge is 2.39. The quantitative estimate of drug-likeness (QED) is 0.123. The molecule has 3 N–H and O–H groups in total. The predicted molar refractivity (Wildman–Crippen MR) is 186 cm³/mol. The number of rotatable bonds is 16. The smallest absolute Gasteiger partial charge is 0.408 e. The number of aliphatic hydroxyl groups excluding tert-OH is 1. The first-order chi connectivity index (χ1) is 22.6. The average Bonchev–Trinajstić information content (AvgIpc) is 3.01. The van der Waals surface area contributed by atoms with Gasteiger partial charge in [0.15, 0.2) is 0 Å². The van der Waals surface area contributed by atoms with Crippen LogP contribution in [0.2, 0.25) is 0 Å². The number of carbonyl (C=O) groups excluding carboxylic acids is 4. The maximum Gasteiger partial charge on any atom is 0.408 e. The van der Waals surface area contributed by atoms with Gasteiger partial charge in [0.1, 0.15) is 29.3 Å². The molecule has 0 saturated carbocycles. The van der Waals surface area contributed by atoms with Crippen LogP contribution < -0.4 is 10.6 Å². The number of aliphatic hydroxyl groups is 1. The van der Waals surface area contributed by atoms with Crippen LogP contribution in [0.1, 0.15) is 103 Å². The molecular weight excluding hydrogens is 610 g/mol. The van der Waals surface area contributed by atoms with Crippen molar-refractivity contribution >= 4 is 23.9 Å². The monoisotopic (exact) mass is 663 g/mol. The molecule has 0 saturated heterocycles. The minimum atomic E-state index is -1.42. The van der Waals surface area contributed by atoms with Crippen LogP contribution >= 0.6 is 0 Å². The van der Waals surface area contributed by atoms with Gasteiger partial charge >= 0.3 is 12.1 Å². The molecule has 48 heavy (non-hydrogen) atoms. The van der Waals surface area contributed by atoms with Gasteiger partial charge in [-0.2, -0.15) is 0 Å². The van der Waals surface area contributed by atoms with Crippen molar-refractivity contribution in [3.63, 3.8) is 0 Å². The number of esters is 1. The lowest BCUT2D eigenvalue weighted by Crippen LogP contribution is -2.56. The van der Waals surface area contributed by atoms with Gasteiger partial charge in [-0.1, -0.05) is 87.1 Å². The molecule has 3 unspecified atom stereocenters. The minimum absolute atomic E-state index is 0.113. The second-order valence-corrected chi connectivity index (χ2v) is 13.7. The molecule has 0 aromatic heterocycles. The van der Waals surface area contributed by atoms with Crippen molar-refractivity contribution in [2.45, 2.75) is 116 Å². The second-order valence-electron chi connectivity index (χ2n) is 13.7. The van der Waals surface area contributed by atoms with Crippen LogP contribution in [0.5, 0.6) is 0 Å². The van der Waals surface area contributed by atoms with E-state index >= 15 is 0 Å². The van der Waals surface area contributed by atoms with Crippen LogP contribution in [0.25, 0.3) is 0 Å². The number of hydrogen-bond acceptors (Lipinski definition) is 7. The Morgan fingerprint density at radius 1 is 0.833 bits per heavy atom. The molecule has 2 rings (SSSR count). The Morgan fingerprint density at radius 3 is 2.02 bits per heavy atom. The number of unbranched alkanes of at least 4 members (excludes halogenated alkanes) is 4. The van der Waals surface area contributed by atoms with E-state index in [4.69, 9.17) is 15.9 Å². The van der Waals surface area contributed by atoms with Crippen LogP contribution in [-0.2, 0) is 30.3 Å². The number of nitrogens with one attached hydrogen (secondary N) is 2. The molecule has 3 amide bonds. The fourth-order valence-electron chi connectivity index (χ4n) is 5.07. The van der Waals surface area contributed by atoms with Crippen LogP contribution in [0.3, 0.4) is 0 Å². The maximum atomic E-state index is 14.5. The summed E-state index contributed by atoms with van der Waals surface area (Å²) in [7, 11) is 0. The number of amides is 3. The molecule has 0 bridgehead atoms. The van der Waals surface area contributed by atoms with E-state index in [1.54, 1.807) is 65.8 Å². The highest BCUT2D eigenvalue weighted by Crippen LogP contribution is 2.27. The fourth-order valence-corrected chi connectivity index (χ4v) is 5.07. The summed E-state index contributed by atoms with van der Waals surface area (Å²) in [5, 5.41) is 15.6. The van der Waals surface area contributed by atoms with Gasteiger partial charge in [0.05, 0.1) is 6.61 Å². The molecule has 0 fully saturated rings. The summed E-state index contributed by atoms with van der Waals surface area (Å²) < 4.78 is 11.0. The first kappa shape index (κ1) is 39.8. The topological polar surface area (TPSA) is 134 Å². The predicted octanol–water partition coefficient (Wildman–Crippen LogP) is 5.46. The van der Waals surface area contributed by atoms with E-state index in [9.17, 15) is 24.3 Å². The van der Waals surface area contributed by atoms with Gasteiger partial charge in [-0.15, -0.1) is 6.42 Å². The first-order valence-corrected chi connectivity index (χ1v) is 16.6. The summed E-state index contributed by atoms with van der Waals surface area (Å²) >= 11 is 0. The summed E-state index contributed by atoms with van der Waals surface area (Å²) in [6.45, 7) is 11.7. The molecule has 0 spiro atoms. The van der Waals surface area contributed by atoms with Gasteiger partial charge < -0.3 is 30.1 Å². The third kappa shape index (κ3) is 13.4. The molecule has 2 aromatic carbocycles. The molecule has 0 aliphatic carbocycles. The van der Waals surface area contributed by atoms with Gasteiger partial charge in [-0.3, -0.25) is 9.59 Å². The first-order valence-electron chi connectivity index (χ1n) is 16.6. The fraction of sp³-hybridized carbons (Fsp3) is 0.526. The van der Waals surface area contributed by atoms with Gasteiger partial charge in [0.25, 0.3) is 0 Å². The van der Waals surface area contributed by atoms with Crippen LogP contribution in [0, 0.1) is 12.3 Å². The standard InChI is InChI=1S/C38H53N3O7/c1-9-11-12-13-19-24-41(34(44)31(26-42)40-36(46)48-38(6,7)8)32(29-23-18-17-22-28(29)10-2)33(43)39-30(35(45)47-37(3,4)5)25-27-20-15-14-16-21-27/h2,14-18,20-23,30-32,42H,9,11-13,19,24-26H2,1,3-8H3,(H,39,43)(H,40,46). The van der Waals surface area contributed by atoms with Crippen LogP contribution in [-0.4, -0.2) is 70.3 Å². The van der Waals surface area contributed by atoms with Crippen molar-refractivity contribution in [3.8, 4) is 12.3 Å². The molecule has 10 heteroatoms. The van der Waals surface area contributed by atoms with E-state index < -0.39 is 59.8 Å². The minimum Gasteiger partial charge on any atom is -0.458 e. The van der Waals surface area contributed by atoms with Gasteiger partial charge in [0.2, 0.25) is 11.8 Å². The molecule has 262 valence electrons. The zero-order valence-corrected chi connectivity index (χ0v) is 29.5. The van der Waals surface area contributed by atoms with Crippen molar-refractivity contribution in [1.29, 1.82) is 0 Å². The van der Waals surface area contributed by atoms with E-state index in [2.05, 4.69) is 23.5 Å². The lowest BCUT2D eigenvalue weighted by atomic mass is 9.96. The number of nitrogens with zero attached hydrogens (tertiary/aromatic N) is 1. The molecule has 0 aliphatic rings. The molecule has 10 nitrogen and oxygen atoms in total. The molecule has 0 heterocycles. The number of terminal acetylenes is 1. The highest BCUT2D eigenvalue weighted by atomic mass is 16.6. The number of hydrogen-bond donors (Lipinski definition) is 3. The van der Waals surface area contributed by atoms with Crippen LogP contribution in [0.4, 0.5) is 4.79 Å². The summed E-state index contributed by atoms with van der Waals surface area (Å²) in [4.78, 5) is 56.3. The Balaban J connectivity index is 2.63. The number of alkyl carbamates (subject to hydrolysis) is 1. The Kier molecular flexibility index (Phi) is 15.6. The SMILES string of the molecule is C#Cc1ccccc1C(C(=O)NC(Cc1ccccc1)C(=O)OC(C)(C)C)N(CCCCCCC)C(=O)C(CO)NC(=O)OC(C)(C)C. The van der Waals surface area contributed by atoms with Gasteiger partial charge in [0, 0.05) is 18.5 Å². The van der Waals surface area contributed by atoms with Crippen molar-refractivity contribution in [1.82, 2.24) is 15.5 Å². The number of carbonyl (C=O) groups is 4. The largest absolute Gasteiger partial charge is 0.458 e. The molecule has 0 radical (unpaired) electrons. The molecular formula is C38H53N3O7. The van der Waals surface area contributed by atoms with E-state index in [-0.39, 0.29) is 13.0 Å². The van der Waals surface area contributed by atoms with Crippen molar-refractivity contribution in [2.24, 2.45) is 0 Å². The normalized spacial score (nSPS) is 13.3. The zero-order valence-electron chi connectivity index (χ0n) is 29.5. The lowest BCUT2D eigenvalue weighted by molar-refractivity contribution is -0.159. The Bertz CT molecular complexity index is 1390. The van der Waals surface area contributed by atoms with E-state index in [0.717, 1.165) is 31.2 Å². The van der Waals surface area contributed by atoms with Gasteiger partial charge in [-0.05, 0) is 65.2 Å². The molecule has 0 aliphatic heterocycles. The summed E-state index contributed by atoms with van der Waals surface area (Å²) in [6, 6.07) is 12.1. The van der Waals surface area contributed by atoms with Gasteiger partial charge in [-0.25, -0.2) is 9.59 Å². The Morgan fingerprint density at radius 2 is 1.44 bits per heavy atom. The van der Waals surface area contributed by atoms with E-state index in [1.165, 1.54) is 4.90 Å². The van der Waals surface area contributed by atoms with Crippen LogP contribution in [0.15, 0.2) is 54.6 Å². The Hall–Kier alpha value is -4.36. The Labute approximate surface area is 286 Å². The third-order valence-electron chi connectivity index (χ3n) is 7.22. The van der Waals surface area contributed by atoms with Crippen molar-refractivity contribution in [3.05, 3.63) is 71.3 Å². The highest BCUT2D eigenvalue weighted by molar-refractivity contribution is 5.94.